The third-order valence-corrected chi connectivity index (χ3v) is 6.01. The Bertz CT molecular complexity index is 938. The summed E-state index contributed by atoms with van der Waals surface area (Å²) in [4.78, 5) is 2.42. The lowest BCUT2D eigenvalue weighted by Gasteiger charge is -2.41. The fourth-order valence-corrected chi connectivity index (χ4v) is 4.31. The molecule has 4 rings (SSSR count). The minimum Gasteiger partial charge on any atom is -0.489 e. The molecule has 3 aromatic carbocycles. The molecule has 0 spiro atoms. The van der Waals surface area contributed by atoms with Crippen molar-refractivity contribution in [3.63, 3.8) is 0 Å². The predicted octanol–water partition coefficient (Wildman–Crippen LogP) is 6.30. The van der Waals surface area contributed by atoms with E-state index in [4.69, 9.17) is 14.2 Å². The van der Waals surface area contributed by atoms with E-state index in [0.717, 1.165) is 31.7 Å². The number of piperidine rings is 1. The second kappa shape index (κ2) is 10.7. The van der Waals surface area contributed by atoms with Crippen LogP contribution in [0.15, 0.2) is 78.9 Å². The minimum atomic E-state index is -0.412. The molecule has 0 N–H and O–H groups in total. The van der Waals surface area contributed by atoms with Crippen molar-refractivity contribution < 1.29 is 14.2 Å². The van der Waals surface area contributed by atoms with Crippen LogP contribution in [0.5, 0.6) is 5.75 Å². The van der Waals surface area contributed by atoms with Gasteiger partial charge in [0.25, 0.3) is 0 Å². The number of ether oxygens (including phenoxy) is 3. The van der Waals surface area contributed by atoms with Crippen LogP contribution in [0, 0.1) is 0 Å². The van der Waals surface area contributed by atoms with E-state index in [1.54, 1.807) is 0 Å². The molecule has 1 aliphatic heterocycles. The van der Waals surface area contributed by atoms with Crippen LogP contribution in [0.1, 0.15) is 32.3 Å². The maximum Gasteiger partial charge on any atom is 0.171 e. The zero-order valence-electron chi connectivity index (χ0n) is 19.1. The van der Waals surface area contributed by atoms with Gasteiger partial charge in [-0.15, -0.1) is 0 Å². The monoisotopic (exact) mass is 431 g/mol. The Morgan fingerprint density at radius 3 is 1.84 bits per heavy atom. The van der Waals surface area contributed by atoms with E-state index in [0.29, 0.717) is 19.8 Å². The highest BCUT2D eigenvalue weighted by Gasteiger charge is 2.35. The Kier molecular flexibility index (Phi) is 7.46. The maximum absolute atomic E-state index is 5.96. The van der Waals surface area contributed by atoms with Crippen LogP contribution in [0.3, 0.4) is 0 Å². The normalized spacial score (nSPS) is 15.5. The van der Waals surface area contributed by atoms with Gasteiger partial charge < -0.3 is 19.1 Å². The smallest absolute Gasteiger partial charge is 0.171 e. The molecule has 1 heterocycles. The second-order valence-electron chi connectivity index (χ2n) is 8.11. The standard InChI is InChI=1S/C28H33NO3/c1-3-31-28(32-4-2)18-20-29(21-19-28)26-14-10-24(11-15-26)25-12-16-27(17-13-25)30-22-23-8-6-5-7-9-23/h5-17H,3-4,18-22H2,1-2H3. The quantitative estimate of drug-likeness (QED) is 0.372. The molecule has 0 unspecified atom stereocenters. The number of rotatable bonds is 9. The van der Waals surface area contributed by atoms with Crippen molar-refractivity contribution in [1.82, 2.24) is 0 Å². The van der Waals surface area contributed by atoms with Crippen LogP contribution in [-0.2, 0) is 16.1 Å². The SMILES string of the molecule is CCOC1(OCC)CCN(c2ccc(-c3ccc(OCc4ccccc4)cc3)cc2)CC1. The molecule has 0 atom stereocenters. The van der Waals surface area contributed by atoms with Crippen LogP contribution < -0.4 is 9.64 Å². The molecule has 0 aromatic heterocycles. The van der Waals surface area contributed by atoms with Crippen LogP contribution in [0.4, 0.5) is 5.69 Å². The zero-order valence-corrected chi connectivity index (χ0v) is 19.1. The summed E-state index contributed by atoms with van der Waals surface area (Å²) in [7, 11) is 0. The van der Waals surface area contributed by atoms with Gasteiger partial charge in [0, 0.05) is 44.8 Å². The number of hydrogen-bond donors (Lipinski definition) is 0. The molecule has 0 bridgehead atoms. The number of anilines is 1. The van der Waals surface area contributed by atoms with Gasteiger partial charge in [-0.3, -0.25) is 0 Å². The highest BCUT2D eigenvalue weighted by Crippen LogP contribution is 2.32. The summed E-state index contributed by atoms with van der Waals surface area (Å²) in [5.74, 6) is 0.471. The summed E-state index contributed by atoms with van der Waals surface area (Å²) in [5.41, 5.74) is 4.81. The molecule has 4 nitrogen and oxygen atoms in total. The van der Waals surface area contributed by atoms with E-state index in [1.807, 2.05) is 44.2 Å². The summed E-state index contributed by atoms with van der Waals surface area (Å²) in [5, 5.41) is 0. The van der Waals surface area contributed by atoms with Gasteiger partial charge in [0.1, 0.15) is 12.4 Å². The summed E-state index contributed by atoms with van der Waals surface area (Å²) < 4.78 is 17.8. The van der Waals surface area contributed by atoms with Gasteiger partial charge in [-0.1, -0.05) is 54.6 Å². The molecule has 1 saturated heterocycles. The van der Waals surface area contributed by atoms with Crippen molar-refractivity contribution in [2.24, 2.45) is 0 Å². The van der Waals surface area contributed by atoms with Crippen molar-refractivity contribution in [3.8, 4) is 16.9 Å². The van der Waals surface area contributed by atoms with Crippen LogP contribution in [0.25, 0.3) is 11.1 Å². The molecule has 0 radical (unpaired) electrons. The Morgan fingerprint density at radius 1 is 0.719 bits per heavy atom. The summed E-state index contributed by atoms with van der Waals surface area (Å²) >= 11 is 0. The predicted molar refractivity (Wildman–Crippen MR) is 130 cm³/mol. The Balaban J connectivity index is 1.34. The first-order valence-electron chi connectivity index (χ1n) is 11.6. The van der Waals surface area contributed by atoms with Crippen molar-refractivity contribution in [1.29, 1.82) is 0 Å². The number of hydrogen-bond acceptors (Lipinski definition) is 4. The lowest BCUT2D eigenvalue weighted by molar-refractivity contribution is -0.242. The van der Waals surface area contributed by atoms with E-state index in [9.17, 15) is 0 Å². The average molecular weight is 432 g/mol. The van der Waals surface area contributed by atoms with Gasteiger partial charge in [-0.2, -0.15) is 0 Å². The molecular weight excluding hydrogens is 398 g/mol. The van der Waals surface area contributed by atoms with Crippen LogP contribution in [0.2, 0.25) is 0 Å². The number of benzene rings is 3. The molecule has 168 valence electrons. The Hall–Kier alpha value is -2.82. The molecule has 0 amide bonds. The second-order valence-corrected chi connectivity index (χ2v) is 8.11. The average Bonchev–Trinajstić information content (AvgIpc) is 2.85. The highest BCUT2D eigenvalue weighted by atomic mass is 16.7. The van der Waals surface area contributed by atoms with Gasteiger partial charge in [-0.25, -0.2) is 0 Å². The molecule has 32 heavy (non-hydrogen) atoms. The maximum atomic E-state index is 5.96. The fourth-order valence-electron chi connectivity index (χ4n) is 4.31. The molecule has 3 aromatic rings. The molecule has 1 fully saturated rings. The van der Waals surface area contributed by atoms with Gasteiger partial charge in [-0.05, 0) is 54.8 Å². The van der Waals surface area contributed by atoms with Gasteiger partial charge in [0.15, 0.2) is 5.79 Å². The van der Waals surface area contributed by atoms with E-state index >= 15 is 0 Å². The van der Waals surface area contributed by atoms with E-state index in [2.05, 4.69) is 53.4 Å². The first kappa shape index (κ1) is 22.4. The topological polar surface area (TPSA) is 30.9 Å². The first-order valence-corrected chi connectivity index (χ1v) is 11.6. The first-order chi connectivity index (χ1) is 15.7. The molecule has 0 aliphatic carbocycles. The van der Waals surface area contributed by atoms with E-state index in [1.165, 1.54) is 22.4 Å². The van der Waals surface area contributed by atoms with Crippen molar-refractivity contribution >= 4 is 5.69 Å². The fraction of sp³-hybridized carbons (Fsp3) is 0.357. The Labute approximate surface area is 191 Å². The van der Waals surface area contributed by atoms with Gasteiger partial charge >= 0.3 is 0 Å². The van der Waals surface area contributed by atoms with Crippen LogP contribution in [-0.4, -0.2) is 32.1 Å². The molecule has 4 heteroatoms. The summed E-state index contributed by atoms with van der Waals surface area (Å²) in [6, 6.07) is 27.4. The lowest BCUT2D eigenvalue weighted by Crippen LogP contribution is -2.48. The van der Waals surface area contributed by atoms with Crippen molar-refractivity contribution in [2.75, 3.05) is 31.2 Å². The zero-order chi connectivity index (χ0) is 22.2. The lowest BCUT2D eigenvalue weighted by atomic mass is 10.0. The van der Waals surface area contributed by atoms with E-state index < -0.39 is 5.79 Å². The molecule has 0 saturated carbocycles. The molecule has 1 aliphatic rings. The minimum absolute atomic E-state index is 0.412. The Morgan fingerprint density at radius 2 is 1.28 bits per heavy atom. The van der Waals surface area contributed by atoms with Crippen molar-refractivity contribution in [2.45, 2.75) is 39.1 Å². The third kappa shape index (κ3) is 5.50. The van der Waals surface area contributed by atoms with Crippen LogP contribution >= 0.6 is 0 Å². The van der Waals surface area contributed by atoms with Gasteiger partial charge in [0.2, 0.25) is 0 Å². The summed E-state index contributed by atoms with van der Waals surface area (Å²) in [6.45, 7) is 7.90. The van der Waals surface area contributed by atoms with Crippen molar-refractivity contribution in [3.05, 3.63) is 84.4 Å². The largest absolute Gasteiger partial charge is 0.489 e. The highest BCUT2D eigenvalue weighted by molar-refractivity contribution is 5.67. The summed E-state index contributed by atoms with van der Waals surface area (Å²) in [6.07, 6.45) is 1.78. The molecular formula is C28H33NO3. The van der Waals surface area contributed by atoms with E-state index in [-0.39, 0.29) is 0 Å². The third-order valence-electron chi connectivity index (χ3n) is 6.01. The number of nitrogens with zero attached hydrogens (tertiary/aromatic N) is 1. The van der Waals surface area contributed by atoms with Gasteiger partial charge in [0.05, 0.1) is 0 Å².